The van der Waals surface area contributed by atoms with Crippen LogP contribution in [0.25, 0.3) is 0 Å². The van der Waals surface area contributed by atoms with E-state index in [2.05, 4.69) is 21.1 Å². The van der Waals surface area contributed by atoms with Gasteiger partial charge in [-0.2, -0.15) is 0 Å². The number of hydrogen-bond donors (Lipinski definition) is 0. The normalized spacial score (nSPS) is 13.1. The molecular formula is C9H22NO2S2+. The van der Waals surface area contributed by atoms with Gasteiger partial charge in [-0.3, -0.25) is 0 Å². The molecule has 0 saturated heterocycles. The van der Waals surface area contributed by atoms with E-state index in [9.17, 15) is 8.42 Å². The van der Waals surface area contributed by atoms with E-state index < -0.39 is 8.87 Å². The van der Waals surface area contributed by atoms with Gasteiger partial charge < -0.3 is 4.48 Å². The zero-order chi connectivity index (χ0) is 11.2. The van der Waals surface area contributed by atoms with Crippen molar-refractivity contribution in [3.63, 3.8) is 0 Å². The molecule has 86 valence electrons. The first-order valence-corrected chi connectivity index (χ1v) is 8.25. The molecule has 0 N–H and O–H groups in total. The topological polar surface area (TPSA) is 34.1 Å². The summed E-state index contributed by atoms with van der Waals surface area (Å²) in [6, 6.07) is 0. The maximum atomic E-state index is 10.8. The molecule has 0 heterocycles. The van der Waals surface area contributed by atoms with Gasteiger partial charge in [0.05, 0.1) is 27.7 Å². The fourth-order valence-corrected chi connectivity index (χ4v) is 2.96. The molecule has 5 heteroatoms. The van der Waals surface area contributed by atoms with Gasteiger partial charge in [0.1, 0.15) is 0 Å². The Morgan fingerprint density at radius 1 is 1.07 bits per heavy atom. The van der Waals surface area contributed by atoms with Crippen LogP contribution in [0.3, 0.4) is 0 Å². The van der Waals surface area contributed by atoms with E-state index in [0.717, 1.165) is 40.4 Å². The summed E-state index contributed by atoms with van der Waals surface area (Å²) in [5.74, 6) is 0.732. The van der Waals surface area contributed by atoms with Crippen LogP contribution in [0, 0.1) is 0 Å². The van der Waals surface area contributed by atoms with E-state index in [1.54, 1.807) is 0 Å². The van der Waals surface area contributed by atoms with E-state index >= 15 is 0 Å². The van der Waals surface area contributed by atoms with E-state index in [1.165, 1.54) is 12.7 Å². The third kappa shape index (κ3) is 12.3. The van der Waals surface area contributed by atoms with Gasteiger partial charge in [0.25, 0.3) is 0 Å². The number of rotatable bonds is 7. The maximum absolute atomic E-state index is 10.8. The standard InChI is InChI=1S/C9H22NO2S2/c1-10(2,3)8-6-5-7-9-13-14(4,11)12/h5-9H2,1-4H3/q+1. The van der Waals surface area contributed by atoms with Crippen molar-refractivity contribution in [2.45, 2.75) is 19.3 Å². The lowest BCUT2D eigenvalue weighted by atomic mass is 10.2. The highest BCUT2D eigenvalue weighted by Gasteiger charge is 2.06. The minimum Gasteiger partial charge on any atom is -0.331 e. The van der Waals surface area contributed by atoms with Crippen LogP contribution >= 0.6 is 10.8 Å². The van der Waals surface area contributed by atoms with E-state index in [1.807, 2.05) is 0 Å². The van der Waals surface area contributed by atoms with Crippen LogP contribution in [-0.2, 0) is 8.87 Å². The molecule has 0 rings (SSSR count). The Morgan fingerprint density at radius 2 is 1.64 bits per heavy atom. The second-order valence-corrected chi connectivity index (χ2v) is 9.18. The molecule has 14 heavy (non-hydrogen) atoms. The molecule has 0 atom stereocenters. The molecule has 0 saturated carbocycles. The van der Waals surface area contributed by atoms with E-state index in [4.69, 9.17) is 0 Å². The monoisotopic (exact) mass is 240 g/mol. The highest BCUT2D eigenvalue weighted by atomic mass is 33.1. The van der Waals surface area contributed by atoms with Crippen LogP contribution in [0.2, 0.25) is 0 Å². The average molecular weight is 240 g/mol. The lowest BCUT2D eigenvalue weighted by molar-refractivity contribution is -0.870. The minimum absolute atomic E-state index is 0.732. The first kappa shape index (κ1) is 14.3. The van der Waals surface area contributed by atoms with Crippen molar-refractivity contribution in [2.24, 2.45) is 0 Å². The molecule has 0 aliphatic rings. The third-order valence-electron chi connectivity index (χ3n) is 1.77. The molecule has 0 radical (unpaired) electrons. The van der Waals surface area contributed by atoms with Crippen molar-refractivity contribution in [1.82, 2.24) is 0 Å². The highest BCUT2D eigenvalue weighted by molar-refractivity contribution is 8.71. The molecule has 0 aliphatic heterocycles. The van der Waals surface area contributed by atoms with Crippen molar-refractivity contribution in [2.75, 3.05) is 39.7 Å². The summed E-state index contributed by atoms with van der Waals surface area (Å²) in [6.07, 6.45) is 4.56. The second kappa shape index (κ2) is 5.98. The summed E-state index contributed by atoms with van der Waals surface area (Å²) < 4.78 is 22.6. The zero-order valence-corrected chi connectivity index (χ0v) is 11.2. The van der Waals surface area contributed by atoms with Crippen LogP contribution in [0.15, 0.2) is 0 Å². The summed E-state index contributed by atoms with van der Waals surface area (Å²) in [5, 5.41) is 0. The smallest absolute Gasteiger partial charge is 0.198 e. The van der Waals surface area contributed by atoms with Gasteiger partial charge in [0.15, 0.2) is 8.87 Å². The number of unbranched alkanes of at least 4 members (excludes halogenated alkanes) is 2. The highest BCUT2D eigenvalue weighted by Crippen LogP contribution is 2.13. The van der Waals surface area contributed by atoms with Crippen LogP contribution < -0.4 is 0 Å². The van der Waals surface area contributed by atoms with Crippen LogP contribution in [0.4, 0.5) is 0 Å². The molecule has 0 aromatic carbocycles. The average Bonchev–Trinajstić information content (AvgIpc) is 1.92. The van der Waals surface area contributed by atoms with E-state index in [0.29, 0.717) is 0 Å². The third-order valence-corrected chi connectivity index (χ3v) is 4.44. The Labute approximate surface area is 91.8 Å². The van der Waals surface area contributed by atoms with Gasteiger partial charge in [0.2, 0.25) is 0 Å². The molecule has 0 fully saturated rings. The molecule has 0 aromatic rings. The van der Waals surface area contributed by atoms with Gasteiger partial charge in [-0.25, -0.2) is 8.42 Å². The van der Waals surface area contributed by atoms with Crippen molar-refractivity contribution in [3.05, 3.63) is 0 Å². The van der Waals surface area contributed by atoms with Gasteiger partial charge in [-0.1, -0.05) is 0 Å². The summed E-state index contributed by atoms with van der Waals surface area (Å²) >= 11 is 0. The van der Waals surface area contributed by atoms with Crippen LogP contribution in [0.1, 0.15) is 19.3 Å². The van der Waals surface area contributed by atoms with Crippen molar-refractivity contribution < 1.29 is 12.9 Å². The summed E-state index contributed by atoms with van der Waals surface area (Å²) in [4.78, 5) is 0. The zero-order valence-electron chi connectivity index (χ0n) is 9.62. The minimum atomic E-state index is -2.83. The lowest BCUT2D eigenvalue weighted by Gasteiger charge is -2.23. The van der Waals surface area contributed by atoms with E-state index in [-0.39, 0.29) is 0 Å². The van der Waals surface area contributed by atoms with Gasteiger partial charge >= 0.3 is 0 Å². The lowest BCUT2D eigenvalue weighted by Crippen LogP contribution is -2.35. The Morgan fingerprint density at radius 3 is 2.07 bits per heavy atom. The summed E-state index contributed by atoms with van der Waals surface area (Å²) in [7, 11) is 4.75. The van der Waals surface area contributed by atoms with Crippen LogP contribution in [-0.4, -0.2) is 52.6 Å². The van der Waals surface area contributed by atoms with Gasteiger partial charge in [-0.15, -0.1) is 0 Å². The predicted octanol–water partition coefficient (Wildman–Crippen LogP) is 1.56. The molecule has 0 amide bonds. The fourth-order valence-electron chi connectivity index (χ4n) is 1.08. The summed E-state index contributed by atoms with van der Waals surface area (Å²) in [6.45, 7) is 1.16. The predicted molar refractivity (Wildman–Crippen MR) is 64.1 cm³/mol. The Hall–Kier alpha value is 0.260. The first-order chi connectivity index (χ1) is 6.21. The number of nitrogens with zero attached hydrogens (tertiary/aromatic N) is 1. The Kier molecular flexibility index (Phi) is 6.09. The second-order valence-electron chi connectivity index (χ2n) is 4.60. The Balaban J connectivity index is 3.32. The quantitative estimate of drug-likeness (QED) is 0.385. The molecule has 0 bridgehead atoms. The molecule has 0 aliphatic carbocycles. The Bertz CT molecular complexity index is 242. The molecule has 0 aromatic heterocycles. The molecule has 0 unspecified atom stereocenters. The number of hydrogen-bond acceptors (Lipinski definition) is 3. The van der Waals surface area contributed by atoms with Gasteiger partial charge in [-0.05, 0) is 30.1 Å². The van der Waals surface area contributed by atoms with Crippen molar-refractivity contribution in [1.29, 1.82) is 0 Å². The van der Waals surface area contributed by atoms with Crippen LogP contribution in [0.5, 0.6) is 0 Å². The number of quaternary nitrogens is 1. The fraction of sp³-hybridized carbons (Fsp3) is 1.00. The molecular weight excluding hydrogens is 218 g/mol. The summed E-state index contributed by atoms with van der Waals surface area (Å²) in [5.41, 5.74) is 0. The molecule has 3 nitrogen and oxygen atoms in total. The largest absolute Gasteiger partial charge is 0.331 e. The maximum Gasteiger partial charge on any atom is 0.198 e. The molecule has 0 spiro atoms. The SMILES string of the molecule is C[N+](C)(C)CCCCCSS(C)(=O)=O. The first-order valence-electron chi connectivity index (χ1n) is 4.85. The van der Waals surface area contributed by atoms with Crippen molar-refractivity contribution in [3.8, 4) is 0 Å². The van der Waals surface area contributed by atoms with Crippen molar-refractivity contribution >= 4 is 19.7 Å². The van der Waals surface area contributed by atoms with Gasteiger partial charge in [0, 0.05) is 12.0 Å².